The summed E-state index contributed by atoms with van der Waals surface area (Å²) < 4.78 is 0. The van der Waals surface area contributed by atoms with Crippen LogP contribution in [0.5, 0.6) is 0 Å². The van der Waals surface area contributed by atoms with Gasteiger partial charge in [0.25, 0.3) is 0 Å². The summed E-state index contributed by atoms with van der Waals surface area (Å²) in [5, 5.41) is 6.71. The molecular formula is C18H17N3O. The molecule has 1 heterocycles. The van der Waals surface area contributed by atoms with Crippen LogP contribution in [0.15, 0.2) is 60.8 Å². The number of benzene rings is 2. The molecule has 0 unspecified atom stereocenters. The zero-order valence-electron chi connectivity index (χ0n) is 12.3. The van der Waals surface area contributed by atoms with E-state index in [-0.39, 0.29) is 6.03 Å². The van der Waals surface area contributed by atoms with Crippen LogP contribution in [0, 0.1) is 6.92 Å². The molecule has 4 nitrogen and oxygen atoms in total. The van der Waals surface area contributed by atoms with E-state index in [9.17, 15) is 4.79 Å². The van der Waals surface area contributed by atoms with Crippen molar-refractivity contribution < 1.29 is 4.79 Å². The van der Waals surface area contributed by atoms with Crippen molar-refractivity contribution in [3.8, 4) is 0 Å². The van der Waals surface area contributed by atoms with Crippen molar-refractivity contribution in [2.75, 3.05) is 5.32 Å². The van der Waals surface area contributed by atoms with E-state index < -0.39 is 0 Å². The van der Waals surface area contributed by atoms with Gasteiger partial charge in [-0.1, -0.05) is 48.0 Å². The number of para-hydroxylation sites is 1. The number of pyridine rings is 1. The fraction of sp³-hybridized carbons (Fsp3) is 0.111. The largest absolute Gasteiger partial charge is 0.334 e. The Labute approximate surface area is 129 Å². The molecule has 0 fully saturated rings. The third-order valence-corrected chi connectivity index (χ3v) is 3.45. The number of amides is 2. The van der Waals surface area contributed by atoms with Gasteiger partial charge in [-0.15, -0.1) is 0 Å². The average molecular weight is 291 g/mol. The van der Waals surface area contributed by atoms with Gasteiger partial charge in [-0.05, 0) is 24.6 Å². The van der Waals surface area contributed by atoms with Gasteiger partial charge in [0, 0.05) is 18.1 Å². The van der Waals surface area contributed by atoms with Gasteiger partial charge < -0.3 is 10.6 Å². The van der Waals surface area contributed by atoms with Crippen molar-refractivity contribution in [3.05, 3.63) is 71.9 Å². The van der Waals surface area contributed by atoms with E-state index in [1.165, 1.54) is 5.56 Å². The van der Waals surface area contributed by atoms with E-state index >= 15 is 0 Å². The fourth-order valence-corrected chi connectivity index (χ4v) is 2.26. The molecule has 0 aliphatic heterocycles. The predicted octanol–water partition coefficient (Wildman–Crippen LogP) is 3.86. The number of hydrogen-bond acceptors (Lipinski definition) is 2. The topological polar surface area (TPSA) is 54.0 Å². The summed E-state index contributed by atoms with van der Waals surface area (Å²) in [7, 11) is 0. The minimum absolute atomic E-state index is 0.237. The number of aromatic nitrogens is 1. The Morgan fingerprint density at radius 1 is 1.05 bits per heavy atom. The molecule has 0 bridgehead atoms. The number of rotatable bonds is 3. The Hall–Kier alpha value is -2.88. The summed E-state index contributed by atoms with van der Waals surface area (Å²) in [6, 6.07) is 17.4. The van der Waals surface area contributed by atoms with Crippen molar-refractivity contribution in [1.82, 2.24) is 10.3 Å². The third-order valence-electron chi connectivity index (χ3n) is 3.45. The second-order valence-electron chi connectivity index (χ2n) is 5.17. The van der Waals surface area contributed by atoms with Crippen molar-refractivity contribution in [1.29, 1.82) is 0 Å². The summed E-state index contributed by atoms with van der Waals surface area (Å²) in [5.41, 5.74) is 3.77. The highest BCUT2D eigenvalue weighted by molar-refractivity contribution is 5.99. The molecule has 0 atom stereocenters. The van der Waals surface area contributed by atoms with Crippen LogP contribution in [0.2, 0.25) is 0 Å². The molecule has 110 valence electrons. The monoisotopic (exact) mass is 291 g/mol. The second kappa shape index (κ2) is 6.26. The van der Waals surface area contributed by atoms with Crippen molar-refractivity contribution in [2.24, 2.45) is 0 Å². The lowest BCUT2D eigenvalue weighted by Crippen LogP contribution is -2.28. The number of nitrogens with zero attached hydrogens (tertiary/aromatic N) is 1. The number of fused-ring (bicyclic) bond motifs is 1. The Morgan fingerprint density at radius 2 is 1.82 bits per heavy atom. The summed E-state index contributed by atoms with van der Waals surface area (Å²) in [6.07, 6.45) is 1.72. The standard InChI is InChI=1S/C18H17N3O/c1-13-7-9-14(10-8-13)12-20-18(22)21-16-6-2-4-15-5-3-11-19-17(15)16/h2-11H,12H2,1H3,(H2,20,21,22). The molecule has 3 aromatic rings. The first-order chi connectivity index (χ1) is 10.7. The highest BCUT2D eigenvalue weighted by Crippen LogP contribution is 2.20. The molecule has 0 aliphatic carbocycles. The van der Waals surface area contributed by atoms with E-state index in [4.69, 9.17) is 0 Å². The van der Waals surface area contributed by atoms with Crippen LogP contribution < -0.4 is 10.6 Å². The number of carbonyl (C=O) groups excluding carboxylic acids is 1. The zero-order chi connectivity index (χ0) is 15.4. The van der Waals surface area contributed by atoms with Gasteiger partial charge in [-0.25, -0.2) is 4.79 Å². The van der Waals surface area contributed by atoms with Gasteiger partial charge in [0.1, 0.15) is 0 Å². The number of nitrogens with one attached hydrogen (secondary N) is 2. The fourth-order valence-electron chi connectivity index (χ4n) is 2.26. The minimum atomic E-state index is -0.237. The smallest absolute Gasteiger partial charge is 0.319 e. The van der Waals surface area contributed by atoms with Crippen LogP contribution in [0.3, 0.4) is 0 Å². The lowest BCUT2D eigenvalue weighted by Gasteiger charge is -2.09. The van der Waals surface area contributed by atoms with Crippen LogP contribution in [0.25, 0.3) is 10.9 Å². The van der Waals surface area contributed by atoms with E-state index in [2.05, 4.69) is 15.6 Å². The van der Waals surface area contributed by atoms with Gasteiger partial charge in [0.05, 0.1) is 11.2 Å². The third kappa shape index (κ3) is 3.23. The van der Waals surface area contributed by atoms with E-state index in [1.807, 2.05) is 61.5 Å². The number of carbonyl (C=O) groups is 1. The molecule has 4 heteroatoms. The maximum absolute atomic E-state index is 12.0. The number of urea groups is 1. The molecule has 0 spiro atoms. The molecule has 0 aliphatic rings. The Kier molecular flexibility index (Phi) is 4.01. The van der Waals surface area contributed by atoms with Gasteiger partial charge >= 0.3 is 6.03 Å². The van der Waals surface area contributed by atoms with Crippen LogP contribution in [-0.2, 0) is 6.54 Å². The molecule has 2 amide bonds. The Balaban J connectivity index is 1.67. The highest BCUT2D eigenvalue weighted by Gasteiger charge is 2.06. The summed E-state index contributed by atoms with van der Waals surface area (Å²) in [6.45, 7) is 2.53. The van der Waals surface area contributed by atoms with Crippen LogP contribution >= 0.6 is 0 Å². The predicted molar refractivity (Wildman–Crippen MR) is 88.8 cm³/mol. The Morgan fingerprint density at radius 3 is 2.64 bits per heavy atom. The Bertz CT molecular complexity index is 792. The molecule has 0 saturated carbocycles. The van der Waals surface area contributed by atoms with Crippen LogP contribution in [-0.4, -0.2) is 11.0 Å². The van der Waals surface area contributed by atoms with Crippen molar-refractivity contribution >= 4 is 22.6 Å². The van der Waals surface area contributed by atoms with Crippen LogP contribution in [0.1, 0.15) is 11.1 Å². The van der Waals surface area contributed by atoms with Crippen molar-refractivity contribution in [2.45, 2.75) is 13.5 Å². The van der Waals surface area contributed by atoms with Crippen molar-refractivity contribution in [3.63, 3.8) is 0 Å². The normalized spacial score (nSPS) is 10.4. The number of hydrogen-bond donors (Lipinski definition) is 2. The first-order valence-electron chi connectivity index (χ1n) is 7.16. The first kappa shape index (κ1) is 14.1. The zero-order valence-corrected chi connectivity index (χ0v) is 12.3. The highest BCUT2D eigenvalue weighted by atomic mass is 16.2. The summed E-state index contributed by atoms with van der Waals surface area (Å²) in [5.74, 6) is 0. The van der Waals surface area contributed by atoms with E-state index in [1.54, 1.807) is 6.20 Å². The summed E-state index contributed by atoms with van der Waals surface area (Å²) >= 11 is 0. The second-order valence-corrected chi connectivity index (χ2v) is 5.17. The molecular weight excluding hydrogens is 274 g/mol. The van der Waals surface area contributed by atoms with Gasteiger partial charge in [-0.2, -0.15) is 0 Å². The average Bonchev–Trinajstić information content (AvgIpc) is 2.55. The van der Waals surface area contributed by atoms with E-state index in [0.717, 1.165) is 16.5 Å². The molecule has 1 aromatic heterocycles. The van der Waals surface area contributed by atoms with Gasteiger partial charge in [0.2, 0.25) is 0 Å². The SMILES string of the molecule is Cc1ccc(CNC(=O)Nc2cccc3cccnc23)cc1. The quantitative estimate of drug-likeness (QED) is 0.769. The maximum atomic E-state index is 12.0. The number of anilines is 1. The van der Waals surface area contributed by atoms with Gasteiger partial charge in [0.15, 0.2) is 0 Å². The minimum Gasteiger partial charge on any atom is -0.334 e. The molecule has 3 rings (SSSR count). The van der Waals surface area contributed by atoms with Crippen LogP contribution in [0.4, 0.5) is 10.5 Å². The lowest BCUT2D eigenvalue weighted by molar-refractivity contribution is 0.252. The summed E-state index contributed by atoms with van der Waals surface area (Å²) in [4.78, 5) is 16.4. The molecule has 2 aromatic carbocycles. The maximum Gasteiger partial charge on any atom is 0.319 e. The first-order valence-corrected chi connectivity index (χ1v) is 7.16. The number of aryl methyl sites for hydroxylation is 1. The van der Waals surface area contributed by atoms with Gasteiger partial charge in [-0.3, -0.25) is 4.98 Å². The van der Waals surface area contributed by atoms with E-state index in [0.29, 0.717) is 12.2 Å². The molecule has 0 radical (unpaired) electrons. The molecule has 2 N–H and O–H groups in total. The molecule has 0 saturated heterocycles. The molecule has 22 heavy (non-hydrogen) atoms. The lowest BCUT2D eigenvalue weighted by atomic mass is 10.1.